The maximum absolute atomic E-state index is 12.1. The Bertz CT molecular complexity index is 919. The molecule has 0 aliphatic carbocycles. The molecule has 1 amide bonds. The van der Waals surface area contributed by atoms with Crippen molar-refractivity contribution in [2.45, 2.75) is 6.92 Å². The van der Waals surface area contributed by atoms with E-state index < -0.39 is 0 Å². The quantitative estimate of drug-likeness (QED) is 0.651. The lowest BCUT2D eigenvalue weighted by molar-refractivity contribution is -0.111. The van der Waals surface area contributed by atoms with Gasteiger partial charge in [0, 0.05) is 18.5 Å². The summed E-state index contributed by atoms with van der Waals surface area (Å²) in [5, 5.41) is 6.88. The number of aromatic nitrogens is 3. The summed E-state index contributed by atoms with van der Waals surface area (Å²) in [6.07, 6.45) is 8.23. The summed E-state index contributed by atoms with van der Waals surface area (Å²) in [5.41, 5.74) is 1.44. The van der Waals surface area contributed by atoms with Gasteiger partial charge in [0.25, 0.3) is 0 Å². The van der Waals surface area contributed by atoms with E-state index in [0.29, 0.717) is 29.6 Å². The Morgan fingerprint density at radius 2 is 2.15 bits per heavy atom. The number of pyridine rings is 1. The summed E-state index contributed by atoms with van der Waals surface area (Å²) >= 11 is 0. The number of methoxy groups -OCH3 is 1. The molecule has 0 spiro atoms. The van der Waals surface area contributed by atoms with Crippen LogP contribution in [0.5, 0.6) is 11.5 Å². The molecule has 1 aromatic carbocycles. The van der Waals surface area contributed by atoms with E-state index in [2.05, 4.69) is 15.4 Å². The largest absolute Gasteiger partial charge is 0.493 e. The smallest absolute Gasteiger partial charge is 0.248 e. The zero-order valence-electron chi connectivity index (χ0n) is 15.1. The molecule has 0 saturated heterocycles. The van der Waals surface area contributed by atoms with E-state index in [1.54, 1.807) is 54.7 Å². The molecular weight excluding hydrogens is 344 g/mol. The molecular formula is C20H20N4O3. The van der Waals surface area contributed by atoms with Crippen LogP contribution < -0.4 is 14.8 Å². The van der Waals surface area contributed by atoms with Crippen molar-refractivity contribution in [3.8, 4) is 17.3 Å². The molecule has 2 heterocycles. The van der Waals surface area contributed by atoms with Crippen LogP contribution in [0.1, 0.15) is 12.5 Å². The zero-order valence-corrected chi connectivity index (χ0v) is 15.1. The van der Waals surface area contributed by atoms with Crippen molar-refractivity contribution in [1.82, 2.24) is 14.8 Å². The molecule has 0 aliphatic heterocycles. The fraction of sp³-hybridized carbons (Fsp3) is 0.150. The minimum Gasteiger partial charge on any atom is -0.493 e. The van der Waals surface area contributed by atoms with Gasteiger partial charge in [-0.05, 0) is 48.9 Å². The van der Waals surface area contributed by atoms with Crippen molar-refractivity contribution >= 4 is 17.7 Å². The number of carbonyl (C=O) groups excluding carboxylic acids is 1. The Balaban J connectivity index is 1.64. The molecule has 7 heteroatoms. The molecule has 7 nitrogen and oxygen atoms in total. The second kappa shape index (κ2) is 8.66. The van der Waals surface area contributed by atoms with E-state index >= 15 is 0 Å². The molecule has 0 aliphatic rings. The van der Waals surface area contributed by atoms with E-state index in [9.17, 15) is 4.79 Å². The first-order valence-corrected chi connectivity index (χ1v) is 8.45. The first kappa shape index (κ1) is 18.2. The number of amides is 1. The third kappa shape index (κ3) is 4.72. The highest BCUT2D eigenvalue weighted by Crippen LogP contribution is 2.28. The predicted octanol–water partition coefficient (Wildman–Crippen LogP) is 3.33. The maximum atomic E-state index is 12.1. The molecule has 3 rings (SSSR count). The van der Waals surface area contributed by atoms with Crippen LogP contribution in [-0.2, 0) is 4.79 Å². The van der Waals surface area contributed by atoms with Gasteiger partial charge in [0.05, 0.1) is 25.6 Å². The van der Waals surface area contributed by atoms with Gasteiger partial charge in [-0.3, -0.25) is 4.79 Å². The van der Waals surface area contributed by atoms with Crippen LogP contribution in [0.25, 0.3) is 11.9 Å². The lowest BCUT2D eigenvalue weighted by Crippen LogP contribution is -2.08. The Morgan fingerprint density at radius 1 is 1.26 bits per heavy atom. The van der Waals surface area contributed by atoms with Crippen molar-refractivity contribution in [3.63, 3.8) is 0 Å². The molecule has 0 bridgehead atoms. The van der Waals surface area contributed by atoms with Crippen molar-refractivity contribution < 1.29 is 14.3 Å². The Morgan fingerprint density at radius 3 is 2.81 bits per heavy atom. The number of benzene rings is 1. The fourth-order valence-electron chi connectivity index (χ4n) is 2.42. The Hall–Kier alpha value is -3.61. The average Bonchev–Trinajstić information content (AvgIpc) is 3.22. The molecule has 0 saturated carbocycles. The van der Waals surface area contributed by atoms with Crippen LogP contribution in [0, 0.1) is 0 Å². The molecule has 0 atom stereocenters. The molecule has 138 valence electrons. The van der Waals surface area contributed by atoms with Crippen LogP contribution >= 0.6 is 0 Å². The molecule has 1 N–H and O–H groups in total. The number of carbonyl (C=O) groups is 1. The summed E-state index contributed by atoms with van der Waals surface area (Å²) in [5.74, 6) is 1.72. The zero-order chi connectivity index (χ0) is 19.1. The summed E-state index contributed by atoms with van der Waals surface area (Å²) in [4.78, 5) is 16.4. The highest BCUT2D eigenvalue weighted by atomic mass is 16.5. The van der Waals surface area contributed by atoms with Crippen LogP contribution in [-0.4, -0.2) is 34.4 Å². The van der Waals surface area contributed by atoms with E-state index in [1.165, 1.54) is 6.08 Å². The second-order valence-electron chi connectivity index (χ2n) is 5.52. The topological polar surface area (TPSA) is 78.3 Å². The SMILES string of the molecule is CCOc1cc(/C=C/C(=O)Nc2ccc(-n3cccn3)nc2)ccc1OC. The number of nitrogens with one attached hydrogen (secondary N) is 1. The lowest BCUT2D eigenvalue weighted by Gasteiger charge is -2.09. The predicted molar refractivity (Wildman–Crippen MR) is 103 cm³/mol. The van der Waals surface area contributed by atoms with Gasteiger partial charge in [0.1, 0.15) is 0 Å². The number of hydrogen-bond donors (Lipinski definition) is 1. The molecule has 2 aromatic heterocycles. The van der Waals surface area contributed by atoms with E-state index in [4.69, 9.17) is 9.47 Å². The summed E-state index contributed by atoms with van der Waals surface area (Å²) in [6.45, 7) is 2.44. The van der Waals surface area contributed by atoms with Crippen LogP contribution in [0.4, 0.5) is 5.69 Å². The second-order valence-corrected chi connectivity index (χ2v) is 5.52. The molecule has 3 aromatic rings. The van der Waals surface area contributed by atoms with Crippen molar-refractivity contribution in [2.75, 3.05) is 19.0 Å². The lowest BCUT2D eigenvalue weighted by atomic mass is 10.2. The standard InChI is InChI=1S/C20H20N4O3/c1-3-27-18-13-15(5-8-17(18)26-2)6-10-20(25)23-16-7-9-19(21-14-16)24-12-4-11-22-24/h4-14H,3H2,1-2H3,(H,23,25)/b10-6+. The van der Waals surface area contributed by atoms with Crippen molar-refractivity contribution in [2.24, 2.45) is 0 Å². The Kier molecular flexibility index (Phi) is 5.84. The van der Waals surface area contributed by atoms with E-state index in [1.807, 2.05) is 25.1 Å². The van der Waals surface area contributed by atoms with Gasteiger partial charge in [0.15, 0.2) is 17.3 Å². The summed E-state index contributed by atoms with van der Waals surface area (Å²) < 4.78 is 12.4. The minimum atomic E-state index is -0.252. The Labute approximate surface area is 157 Å². The van der Waals surface area contributed by atoms with Gasteiger partial charge < -0.3 is 14.8 Å². The number of ether oxygens (including phenoxy) is 2. The van der Waals surface area contributed by atoms with Crippen molar-refractivity contribution in [3.05, 3.63) is 66.6 Å². The summed E-state index contributed by atoms with van der Waals surface area (Å²) in [7, 11) is 1.59. The molecule has 27 heavy (non-hydrogen) atoms. The van der Waals surface area contributed by atoms with Gasteiger partial charge in [-0.15, -0.1) is 0 Å². The van der Waals surface area contributed by atoms with Gasteiger partial charge >= 0.3 is 0 Å². The third-order valence-corrected chi connectivity index (χ3v) is 3.67. The van der Waals surface area contributed by atoms with Gasteiger partial charge in [0.2, 0.25) is 5.91 Å². The normalized spacial score (nSPS) is 10.7. The van der Waals surface area contributed by atoms with E-state index in [-0.39, 0.29) is 5.91 Å². The fourth-order valence-corrected chi connectivity index (χ4v) is 2.42. The van der Waals surface area contributed by atoms with Crippen molar-refractivity contribution in [1.29, 1.82) is 0 Å². The van der Waals surface area contributed by atoms with Gasteiger partial charge in [-0.2, -0.15) is 5.10 Å². The van der Waals surface area contributed by atoms with Gasteiger partial charge in [-0.1, -0.05) is 6.07 Å². The summed E-state index contributed by atoms with van der Waals surface area (Å²) in [6, 6.07) is 10.9. The number of nitrogens with zero attached hydrogens (tertiary/aromatic N) is 3. The minimum absolute atomic E-state index is 0.252. The van der Waals surface area contributed by atoms with Crippen LogP contribution in [0.15, 0.2) is 61.1 Å². The molecule has 0 unspecified atom stereocenters. The van der Waals surface area contributed by atoms with Crippen LogP contribution in [0.2, 0.25) is 0 Å². The number of rotatable bonds is 7. The van der Waals surface area contributed by atoms with Crippen LogP contribution in [0.3, 0.4) is 0 Å². The number of hydrogen-bond acceptors (Lipinski definition) is 5. The average molecular weight is 364 g/mol. The molecule has 0 radical (unpaired) electrons. The monoisotopic (exact) mass is 364 g/mol. The number of anilines is 1. The first-order valence-electron chi connectivity index (χ1n) is 8.45. The molecule has 0 fully saturated rings. The van der Waals surface area contributed by atoms with Gasteiger partial charge in [-0.25, -0.2) is 9.67 Å². The maximum Gasteiger partial charge on any atom is 0.248 e. The van der Waals surface area contributed by atoms with E-state index in [0.717, 1.165) is 5.56 Å². The third-order valence-electron chi connectivity index (χ3n) is 3.67. The first-order chi connectivity index (χ1) is 13.2. The highest BCUT2D eigenvalue weighted by molar-refractivity contribution is 6.01. The highest BCUT2D eigenvalue weighted by Gasteiger charge is 2.05.